The topological polar surface area (TPSA) is 66.5 Å². The third-order valence-corrected chi connectivity index (χ3v) is 4.44. The summed E-state index contributed by atoms with van der Waals surface area (Å²) in [6, 6.07) is 5.00. The van der Waals surface area contributed by atoms with Crippen molar-refractivity contribution in [2.45, 2.75) is 25.4 Å². The summed E-state index contributed by atoms with van der Waals surface area (Å²) in [5, 5.41) is 2.29. The Morgan fingerprint density at radius 2 is 2.05 bits per heavy atom. The Hall–Kier alpha value is -1.61. The van der Waals surface area contributed by atoms with E-state index in [1.165, 1.54) is 0 Å². The SMILES string of the molecule is O=C1CCC(N2Cc3c([As])cccc3C2=O)C(=O)N1. The molecular formula is C13H11AsN2O3. The first-order chi connectivity index (χ1) is 9.08. The van der Waals surface area contributed by atoms with Crippen LogP contribution in [-0.2, 0) is 16.1 Å². The van der Waals surface area contributed by atoms with E-state index in [9.17, 15) is 14.4 Å². The zero-order valence-corrected chi connectivity index (χ0v) is 11.9. The van der Waals surface area contributed by atoms with Gasteiger partial charge in [-0.3, -0.25) is 0 Å². The summed E-state index contributed by atoms with van der Waals surface area (Å²) in [4.78, 5) is 36.9. The fourth-order valence-electron chi connectivity index (χ4n) is 2.57. The fourth-order valence-corrected chi connectivity index (χ4v) is 3.15. The van der Waals surface area contributed by atoms with E-state index >= 15 is 0 Å². The fraction of sp³-hybridized carbons (Fsp3) is 0.308. The van der Waals surface area contributed by atoms with Crippen molar-refractivity contribution in [3.63, 3.8) is 0 Å². The van der Waals surface area contributed by atoms with Gasteiger partial charge in [0.1, 0.15) is 0 Å². The number of nitrogens with zero attached hydrogens (tertiary/aromatic N) is 1. The Morgan fingerprint density at radius 3 is 2.74 bits per heavy atom. The molecule has 2 heterocycles. The number of carbonyl (C=O) groups is 3. The van der Waals surface area contributed by atoms with Gasteiger partial charge >= 0.3 is 118 Å². The van der Waals surface area contributed by atoms with E-state index in [4.69, 9.17) is 0 Å². The van der Waals surface area contributed by atoms with Crippen molar-refractivity contribution in [1.29, 1.82) is 0 Å². The van der Waals surface area contributed by atoms with Crippen molar-refractivity contribution in [3.8, 4) is 0 Å². The summed E-state index contributed by atoms with van der Waals surface area (Å²) in [5.41, 5.74) is 1.61. The molecule has 2 aliphatic rings. The Bertz CT molecular complexity index is 600. The number of benzene rings is 1. The Kier molecular flexibility index (Phi) is 2.94. The standard InChI is InChI=1S/C13H11AsN2O3/c14-9-3-1-2-7-8(9)6-16(13(7)19)10-4-5-11(17)15-12(10)18/h1-3,10H,4-6H2,(H,15,17,18). The second-order valence-electron chi connectivity index (χ2n) is 4.70. The van der Waals surface area contributed by atoms with Gasteiger partial charge in [-0.1, -0.05) is 0 Å². The third-order valence-electron chi connectivity index (χ3n) is 3.56. The van der Waals surface area contributed by atoms with Gasteiger partial charge in [-0.15, -0.1) is 0 Å². The molecule has 1 aromatic rings. The number of piperidine rings is 1. The molecule has 2 radical (unpaired) electrons. The minimum absolute atomic E-state index is 0.127. The number of fused-ring (bicyclic) bond motifs is 1. The number of amides is 3. The van der Waals surface area contributed by atoms with Gasteiger partial charge in [0.15, 0.2) is 0 Å². The summed E-state index contributed by atoms with van der Waals surface area (Å²) >= 11 is 2.44. The van der Waals surface area contributed by atoms with Crippen LogP contribution in [0.1, 0.15) is 28.8 Å². The van der Waals surface area contributed by atoms with Crippen molar-refractivity contribution in [2.75, 3.05) is 0 Å². The molecule has 1 fully saturated rings. The average molecular weight is 318 g/mol. The molecule has 3 rings (SSSR count). The van der Waals surface area contributed by atoms with E-state index in [1.54, 1.807) is 11.0 Å². The molecule has 6 heteroatoms. The molecule has 1 unspecified atom stereocenters. The van der Waals surface area contributed by atoms with Gasteiger partial charge in [0, 0.05) is 0 Å². The summed E-state index contributed by atoms with van der Waals surface area (Å²) in [6.45, 7) is 0.436. The predicted molar refractivity (Wildman–Crippen MR) is 67.9 cm³/mol. The van der Waals surface area contributed by atoms with Crippen molar-refractivity contribution in [3.05, 3.63) is 29.3 Å². The molecule has 0 aromatic heterocycles. The zero-order valence-electron chi connectivity index (χ0n) is 10.0. The maximum absolute atomic E-state index is 12.3. The Morgan fingerprint density at radius 1 is 1.26 bits per heavy atom. The van der Waals surface area contributed by atoms with Crippen LogP contribution in [-0.4, -0.2) is 45.5 Å². The summed E-state index contributed by atoms with van der Waals surface area (Å²) < 4.78 is 0.994. The molecule has 5 nitrogen and oxygen atoms in total. The molecule has 0 spiro atoms. The van der Waals surface area contributed by atoms with E-state index < -0.39 is 6.04 Å². The first kappa shape index (κ1) is 12.4. The van der Waals surface area contributed by atoms with Crippen molar-refractivity contribution < 1.29 is 14.4 Å². The second kappa shape index (κ2) is 4.49. The van der Waals surface area contributed by atoms with Crippen LogP contribution in [0.2, 0.25) is 0 Å². The van der Waals surface area contributed by atoms with Crippen LogP contribution in [0.5, 0.6) is 0 Å². The first-order valence-corrected chi connectivity index (χ1v) is 6.97. The van der Waals surface area contributed by atoms with Gasteiger partial charge in [-0.2, -0.15) is 0 Å². The molecule has 1 atom stereocenters. The van der Waals surface area contributed by atoms with Gasteiger partial charge in [0.05, 0.1) is 0 Å². The van der Waals surface area contributed by atoms with E-state index in [-0.39, 0.29) is 24.1 Å². The number of imide groups is 1. The van der Waals surface area contributed by atoms with Gasteiger partial charge in [0.25, 0.3) is 0 Å². The third kappa shape index (κ3) is 1.98. The molecule has 0 saturated carbocycles. The molecular weight excluding hydrogens is 307 g/mol. The molecule has 3 amide bonds. The Labute approximate surface area is 118 Å². The van der Waals surface area contributed by atoms with E-state index in [0.717, 1.165) is 9.91 Å². The maximum atomic E-state index is 12.3. The second-order valence-corrected chi connectivity index (χ2v) is 5.71. The normalized spacial score (nSPS) is 22.5. The number of rotatable bonds is 1. The van der Waals surface area contributed by atoms with Gasteiger partial charge in [-0.05, 0) is 0 Å². The van der Waals surface area contributed by atoms with Gasteiger partial charge in [-0.25, -0.2) is 0 Å². The van der Waals surface area contributed by atoms with E-state index in [1.807, 2.05) is 12.1 Å². The number of hydrogen-bond donors (Lipinski definition) is 1. The monoisotopic (exact) mass is 318 g/mol. The van der Waals surface area contributed by atoms with Crippen LogP contribution in [0.15, 0.2) is 18.2 Å². The minimum atomic E-state index is -0.538. The molecule has 96 valence electrons. The van der Waals surface area contributed by atoms with Crippen LogP contribution >= 0.6 is 0 Å². The van der Waals surface area contributed by atoms with Crippen molar-refractivity contribution >= 4 is 38.9 Å². The summed E-state index contributed by atoms with van der Waals surface area (Å²) in [7, 11) is 0. The van der Waals surface area contributed by atoms with Crippen LogP contribution in [0, 0.1) is 0 Å². The average Bonchev–Trinajstić information content (AvgIpc) is 2.69. The molecule has 1 saturated heterocycles. The Balaban J connectivity index is 1.90. The number of hydrogen-bond acceptors (Lipinski definition) is 3. The molecule has 1 aromatic carbocycles. The molecule has 1 N–H and O–H groups in total. The van der Waals surface area contributed by atoms with Crippen molar-refractivity contribution in [2.24, 2.45) is 0 Å². The van der Waals surface area contributed by atoms with Crippen LogP contribution < -0.4 is 9.67 Å². The predicted octanol–water partition coefficient (Wildman–Crippen LogP) is -0.759. The number of nitrogens with one attached hydrogen (secondary N) is 1. The quantitative estimate of drug-likeness (QED) is 0.547. The molecule has 19 heavy (non-hydrogen) atoms. The molecule has 0 bridgehead atoms. The first-order valence-electron chi connectivity index (χ1n) is 6.03. The van der Waals surface area contributed by atoms with Crippen molar-refractivity contribution in [1.82, 2.24) is 10.2 Å². The zero-order chi connectivity index (χ0) is 13.6. The molecule has 2 aliphatic heterocycles. The van der Waals surface area contributed by atoms with Gasteiger partial charge in [0.2, 0.25) is 0 Å². The van der Waals surface area contributed by atoms with Crippen LogP contribution in [0.25, 0.3) is 0 Å². The van der Waals surface area contributed by atoms with Crippen LogP contribution in [0.3, 0.4) is 0 Å². The van der Waals surface area contributed by atoms with Crippen LogP contribution in [0.4, 0.5) is 0 Å². The summed E-state index contributed by atoms with van der Waals surface area (Å²) in [5.74, 6) is -0.764. The van der Waals surface area contributed by atoms with E-state index in [0.29, 0.717) is 18.5 Å². The molecule has 0 aliphatic carbocycles. The van der Waals surface area contributed by atoms with E-state index in [2.05, 4.69) is 22.2 Å². The van der Waals surface area contributed by atoms with Gasteiger partial charge < -0.3 is 0 Å². The number of carbonyl (C=O) groups excluding carboxylic acids is 3. The summed E-state index contributed by atoms with van der Waals surface area (Å²) in [6.07, 6.45) is 0.684.